The lowest BCUT2D eigenvalue weighted by atomic mass is 9.81. The average Bonchev–Trinajstić information content (AvgIpc) is 2.84. The Kier molecular flexibility index (Phi) is 8.66. The molecule has 1 heterocycles. The maximum atomic E-state index is 14.6. The number of amides is 2. The van der Waals surface area contributed by atoms with E-state index in [9.17, 15) is 48.7 Å². The lowest BCUT2D eigenvalue weighted by molar-refractivity contribution is -0.141. The number of hydrogen-bond donors (Lipinski definition) is 2. The maximum absolute atomic E-state index is 14.6. The Hall–Kier alpha value is -3.18. The molecule has 5 nitrogen and oxygen atoms in total. The van der Waals surface area contributed by atoms with Gasteiger partial charge < -0.3 is 10.6 Å². The van der Waals surface area contributed by atoms with Gasteiger partial charge in [-0.15, -0.1) is 0 Å². The predicted octanol–water partition coefficient (Wildman–Crippen LogP) is 6.93. The van der Waals surface area contributed by atoms with Crippen LogP contribution in [0, 0.1) is 5.82 Å². The van der Waals surface area contributed by atoms with Crippen molar-refractivity contribution in [2.45, 2.75) is 28.0 Å². The fourth-order valence-corrected chi connectivity index (χ4v) is 4.75. The van der Waals surface area contributed by atoms with E-state index in [1.165, 1.54) is 35.6 Å². The van der Waals surface area contributed by atoms with Gasteiger partial charge >= 0.3 is 24.6 Å². The van der Waals surface area contributed by atoms with Crippen molar-refractivity contribution in [3.63, 3.8) is 0 Å². The lowest BCUT2D eigenvalue weighted by Crippen LogP contribution is -2.55. The van der Waals surface area contributed by atoms with Crippen LogP contribution in [0.15, 0.2) is 60.8 Å². The van der Waals surface area contributed by atoms with E-state index >= 15 is 0 Å². The zero-order valence-corrected chi connectivity index (χ0v) is 21.2. The highest BCUT2D eigenvalue weighted by Gasteiger charge is 2.49. The number of nitrogens with one attached hydrogen (secondary N) is 2. The first-order chi connectivity index (χ1) is 17.9. The predicted molar refractivity (Wildman–Crippen MR) is 125 cm³/mol. The first-order valence-corrected chi connectivity index (χ1v) is 11.8. The standard InChI is InChI=1S/C23H15F10IN4O/c24-15-9-13(8-14(10-15)22(28,29)30)21(17(34)12-4-2-1-3-5-12,38-19(39)36-11-20(25,26)27)18-35-7-6-16(37-18)23(31,32)33/h1-10,17H,11H2,(H2,36,38,39). The zero-order valence-electron chi connectivity index (χ0n) is 19.0. The van der Waals surface area contributed by atoms with Gasteiger partial charge in [0.1, 0.15) is 23.6 Å². The molecule has 3 rings (SSSR count). The van der Waals surface area contributed by atoms with E-state index in [1.54, 1.807) is 22.6 Å². The Bertz CT molecular complexity index is 1310. The minimum absolute atomic E-state index is 0.107. The van der Waals surface area contributed by atoms with E-state index in [1.807, 2.05) is 5.32 Å². The molecule has 1 aromatic heterocycles. The van der Waals surface area contributed by atoms with Crippen LogP contribution >= 0.6 is 22.6 Å². The van der Waals surface area contributed by atoms with Gasteiger partial charge in [0.15, 0.2) is 5.82 Å². The van der Waals surface area contributed by atoms with Crippen LogP contribution in [-0.2, 0) is 17.9 Å². The molecule has 2 N–H and O–H groups in total. The molecule has 210 valence electrons. The minimum Gasteiger partial charge on any atom is -0.329 e. The quantitative estimate of drug-likeness (QED) is 0.169. The summed E-state index contributed by atoms with van der Waals surface area (Å²) in [6, 6.07) is 6.96. The zero-order chi connectivity index (χ0) is 29.2. The van der Waals surface area contributed by atoms with Crippen molar-refractivity contribution in [2.24, 2.45) is 0 Å². The second-order valence-corrected chi connectivity index (χ2v) is 9.24. The van der Waals surface area contributed by atoms with Crippen LogP contribution in [0.5, 0.6) is 0 Å². The smallest absolute Gasteiger partial charge is 0.329 e. The number of halogens is 11. The monoisotopic (exact) mass is 680 g/mol. The Morgan fingerprint density at radius 1 is 0.872 bits per heavy atom. The summed E-state index contributed by atoms with van der Waals surface area (Å²) < 4.78 is 133. The van der Waals surface area contributed by atoms with Gasteiger partial charge in [-0.1, -0.05) is 52.9 Å². The molecule has 2 unspecified atom stereocenters. The molecular weight excluding hydrogens is 665 g/mol. The topological polar surface area (TPSA) is 66.9 Å². The number of rotatable bonds is 6. The molecule has 0 radical (unpaired) electrons. The third kappa shape index (κ3) is 7.27. The van der Waals surface area contributed by atoms with Gasteiger partial charge in [-0.2, -0.15) is 39.5 Å². The first kappa shape index (κ1) is 30.4. The van der Waals surface area contributed by atoms with E-state index < -0.39 is 69.0 Å². The molecule has 0 aliphatic heterocycles. The van der Waals surface area contributed by atoms with E-state index in [-0.39, 0.29) is 11.6 Å². The van der Waals surface area contributed by atoms with Crippen molar-refractivity contribution in [3.8, 4) is 0 Å². The van der Waals surface area contributed by atoms with Crippen LogP contribution in [0.25, 0.3) is 0 Å². The second kappa shape index (κ2) is 11.1. The van der Waals surface area contributed by atoms with E-state index in [2.05, 4.69) is 9.97 Å². The molecule has 0 fully saturated rings. The molecule has 0 aliphatic rings. The van der Waals surface area contributed by atoms with Crippen LogP contribution < -0.4 is 10.6 Å². The van der Waals surface area contributed by atoms with Crippen molar-refractivity contribution in [2.75, 3.05) is 6.54 Å². The molecule has 0 bridgehead atoms. The van der Waals surface area contributed by atoms with Crippen LogP contribution in [0.1, 0.15) is 32.1 Å². The summed E-state index contributed by atoms with van der Waals surface area (Å²) >= 11 is 1.55. The van der Waals surface area contributed by atoms with Crippen molar-refractivity contribution in [1.29, 1.82) is 0 Å². The van der Waals surface area contributed by atoms with Gasteiger partial charge in [-0.05, 0) is 35.4 Å². The van der Waals surface area contributed by atoms with Crippen LogP contribution in [0.3, 0.4) is 0 Å². The molecule has 3 aromatic rings. The minimum atomic E-state index is -5.15. The molecule has 0 saturated heterocycles. The largest absolute Gasteiger partial charge is 0.433 e. The SMILES string of the molecule is O=C(NCC(F)(F)F)NC(c1cc(F)cc(C(F)(F)F)c1)(c1nccc(C(F)(F)F)n1)C(I)c1ccccc1. The fourth-order valence-electron chi connectivity index (χ4n) is 3.54. The molecule has 0 spiro atoms. The van der Waals surface area contributed by atoms with Gasteiger partial charge in [0.2, 0.25) is 0 Å². The van der Waals surface area contributed by atoms with Gasteiger partial charge in [-0.25, -0.2) is 19.2 Å². The van der Waals surface area contributed by atoms with Gasteiger partial charge in [0.25, 0.3) is 0 Å². The summed E-state index contributed by atoms with van der Waals surface area (Å²) in [4.78, 5) is 19.9. The second-order valence-electron chi connectivity index (χ2n) is 7.99. The summed E-state index contributed by atoms with van der Waals surface area (Å²) in [6.07, 6.45) is -14.6. The Morgan fingerprint density at radius 3 is 2.05 bits per heavy atom. The van der Waals surface area contributed by atoms with Crippen LogP contribution in [0.4, 0.5) is 48.7 Å². The van der Waals surface area contributed by atoms with E-state index in [4.69, 9.17) is 0 Å². The van der Waals surface area contributed by atoms with Gasteiger partial charge in [0.05, 0.1) is 9.49 Å². The number of alkyl halides is 10. The average molecular weight is 680 g/mol. The van der Waals surface area contributed by atoms with E-state index in [0.717, 1.165) is 0 Å². The summed E-state index contributed by atoms with van der Waals surface area (Å²) in [6.45, 7) is -1.90. The number of benzene rings is 2. The van der Waals surface area contributed by atoms with Crippen molar-refractivity contribution in [1.82, 2.24) is 20.6 Å². The van der Waals surface area contributed by atoms with Crippen molar-refractivity contribution >= 4 is 28.6 Å². The number of aromatic nitrogens is 2. The van der Waals surface area contributed by atoms with Gasteiger partial charge in [0, 0.05) is 6.20 Å². The maximum Gasteiger partial charge on any atom is 0.433 e. The molecule has 16 heteroatoms. The summed E-state index contributed by atoms with van der Waals surface area (Å²) in [5.74, 6) is -2.45. The highest BCUT2D eigenvalue weighted by Crippen LogP contribution is 2.47. The normalized spacial score (nSPS) is 14.8. The third-order valence-corrected chi connectivity index (χ3v) is 6.87. The number of carbonyl (C=O) groups excluding carboxylic acids is 1. The van der Waals surface area contributed by atoms with Crippen molar-refractivity contribution in [3.05, 3.63) is 94.8 Å². The lowest BCUT2D eigenvalue weighted by Gasteiger charge is -2.39. The number of urea groups is 1. The number of hydrogen-bond acceptors (Lipinski definition) is 3. The molecule has 0 saturated carbocycles. The first-order valence-electron chi connectivity index (χ1n) is 10.5. The number of carbonyl (C=O) groups is 1. The number of nitrogens with zero attached hydrogens (tertiary/aromatic N) is 2. The Labute approximate surface area is 227 Å². The molecule has 2 amide bonds. The highest BCUT2D eigenvalue weighted by molar-refractivity contribution is 14.1. The molecule has 2 atom stereocenters. The summed E-state index contributed by atoms with van der Waals surface area (Å²) in [5.41, 5.74) is -6.41. The molecule has 39 heavy (non-hydrogen) atoms. The van der Waals surface area contributed by atoms with Crippen LogP contribution in [0.2, 0.25) is 0 Å². The Balaban J connectivity index is 2.39. The fraction of sp³-hybridized carbons (Fsp3) is 0.261. The van der Waals surface area contributed by atoms with E-state index in [0.29, 0.717) is 24.4 Å². The molecule has 0 aliphatic carbocycles. The summed E-state index contributed by atoms with van der Waals surface area (Å²) in [5, 5.41) is 3.49. The van der Waals surface area contributed by atoms with Crippen LogP contribution in [-0.4, -0.2) is 28.7 Å². The highest BCUT2D eigenvalue weighted by atomic mass is 127. The van der Waals surface area contributed by atoms with Gasteiger partial charge in [-0.3, -0.25) is 0 Å². The molecular formula is C23H15F10IN4O. The Morgan fingerprint density at radius 2 is 1.49 bits per heavy atom. The molecule has 2 aromatic carbocycles. The van der Waals surface area contributed by atoms with Crippen molar-refractivity contribution < 1.29 is 48.7 Å². The third-order valence-electron chi connectivity index (χ3n) is 5.21. The summed E-state index contributed by atoms with van der Waals surface area (Å²) in [7, 11) is 0.